The van der Waals surface area contributed by atoms with Crippen molar-refractivity contribution in [1.29, 1.82) is 0 Å². The van der Waals surface area contributed by atoms with Gasteiger partial charge in [0.05, 0.1) is 12.4 Å². The Kier molecular flexibility index (Phi) is 4.71. The van der Waals surface area contributed by atoms with Gasteiger partial charge in [0.1, 0.15) is 16.9 Å². The summed E-state index contributed by atoms with van der Waals surface area (Å²) < 4.78 is 4.13. The predicted octanol–water partition coefficient (Wildman–Crippen LogP) is 4.43. The van der Waals surface area contributed by atoms with Crippen LogP contribution in [0.4, 0.5) is 0 Å². The quantitative estimate of drug-likeness (QED) is 0.661. The largest absolute Gasteiger partial charge is 0.252 e. The van der Waals surface area contributed by atoms with Gasteiger partial charge in [-0.05, 0) is 31.6 Å². The highest BCUT2D eigenvalue weighted by molar-refractivity contribution is 5.57. The first-order chi connectivity index (χ1) is 13.8. The van der Waals surface area contributed by atoms with Gasteiger partial charge in [0.15, 0.2) is 0 Å². The van der Waals surface area contributed by atoms with E-state index in [-0.39, 0.29) is 5.54 Å². The van der Waals surface area contributed by atoms with E-state index in [0.717, 1.165) is 42.3 Å². The highest BCUT2D eigenvalue weighted by atomic mass is 15.5. The van der Waals surface area contributed by atoms with Gasteiger partial charge in [0.2, 0.25) is 0 Å². The number of aromatic nitrogens is 6. The van der Waals surface area contributed by atoms with Crippen molar-refractivity contribution in [3.05, 3.63) is 48.4 Å². The van der Waals surface area contributed by atoms with Crippen molar-refractivity contribution in [3.8, 4) is 11.3 Å². The average molecular weight is 377 g/mol. The summed E-state index contributed by atoms with van der Waals surface area (Å²) in [6.07, 6.45) is 15.4. The molecule has 0 radical (unpaired) electrons. The molecule has 0 aliphatic heterocycles. The minimum Gasteiger partial charge on any atom is -0.252 e. The lowest BCUT2D eigenvalue weighted by Gasteiger charge is -2.35. The molecule has 1 aromatic carbocycles. The Hall–Kier alpha value is -2.50. The summed E-state index contributed by atoms with van der Waals surface area (Å²) in [4.78, 5) is 0. The van der Waals surface area contributed by atoms with Gasteiger partial charge in [-0.15, -0.1) is 10.2 Å². The second-order valence-corrected chi connectivity index (χ2v) is 8.48. The van der Waals surface area contributed by atoms with E-state index in [9.17, 15) is 0 Å². The summed E-state index contributed by atoms with van der Waals surface area (Å²) in [6, 6.07) is 10.3. The SMILES string of the molecule is c1ccc(-c2cn(C3(c4cn(CC5CCCC5)nn4)CCCCC3)nn2)cc1. The lowest BCUT2D eigenvalue weighted by atomic mass is 9.79. The van der Waals surface area contributed by atoms with Crippen LogP contribution in [0.2, 0.25) is 0 Å². The molecule has 2 aliphatic carbocycles. The molecule has 0 unspecified atom stereocenters. The molecule has 6 nitrogen and oxygen atoms in total. The average Bonchev–Trinajstić information content (AvgIpc) is 3.52. The van der Waals surface area contributed by atoms with E-state index in [2.05, 4.69) is 54.5 Å². The maximum Gasteiger partial charge on any atom is 0.113 e. The first-order valence-electron chi connectivity index (χ1n) is 10.7. The smallest absolute Gasteiger partial charge is 0.113 e. The molecule has 2 heterocycles. The predicted molar refractivity (Wildman–Crippen MR) is 108 cm³/mol. The Morgan fingerprint density at radius 3 is 2.43 bits per heavy atom. The molecule has 2 fully saturated rings. The molecule has 0 atom stereocenters. The second kappa shape index (κ2) is 7.49. The third-order valence-corrected chi connectivity index (χ3v) is 6.62. The molecule has 0 bridgehead atoms. The van der Waals surface area contributed by atoms with Crippen LogP contribution >= 0.6 is 0 Å². The Balaban J connectivity index is 1.46. The molecular formula is C22H28N6. The van der Waals surface area contributed by atoms with Crippen molar-refractivity contribution in [3.63, 3.8) is 0 Å². The van der Waals surface area contributed by atoms with Gasteiger partial charge in [0.25, 0.3) is 0 Å². The summed E-state index contributed by atoms with van der Waals surface area (Å²) in [6.45, 7) is 0.996. The molecule has 2 aliphatic rings. The highest BCUT2D eigenvalue weighted by Crippen LogP contribution is 2.40. The molecule has 0 spiro atoms. The van der Waals surface area contributed by atoms with E-state index >= 15 is 0 Å². The lowest BCUT2D eigenvalue weighted by molar-refractivity contribution is 0.214. The Bertz CT molecular complexity index is 900. The minimum atomic E-state index is -0.216. The van der Waals surface area contributed by atoms with E-state index in [1.165, 1.54) is 44.9 Å². The van der Waals surface area contributed by atoms with Crippen LogP contribution < -0.4 is 0 Å². The molecule has 6 heteroatoms. The highest BCUT2D eigenvalue weighted by Gasteiger charge is 2.40. The molecule has 2 saturated carbocycles. The fraction of sp³-hybridized carbons (Fsp3) is 0.545. The van der Waals surface area contributed by atoms with Gasteiger partial charge in [-0.3, -0.25) is 4.68 Å². The molecule has 2 aromatic heterocycles. The molecule has 28 heavy (non-hydrogen) atoms. The van der Waals surface area contributed by atoms with Gasteiger partial charge in [-0.2, -0.15) is 0 Å². The van der Waals surface area contributed by atoms with E-state index in [1.807, 2.05) is 18.2 Å². The van der Waals surface area contributed by atoms with Crippen LogP contribution in [-0.4, -0.2) is 30.0 Å². The van der Waals surface area contributed by atoms with E-state index in [1.54, 1.807) is 0 Å². The van der Waals surface area contributed by atoms with Gasteiger partial charge in [-0.25, -0.2) is 4.68 Å². The molecule has 0 amide bonds. The van der Waals surface area contributed by atoms with Crippen molar-refractivity contribution in [2.24, 2.45) is 5.92 Å². The Morgan fingerprint density at radius 1 is 0.857 bits per heavy atom. The first-order valence-corrected chi connectivity index (χ1v) is 10.7. The summed E-state index contributed by atoms with van der Waals surface area (Å²) in [5.41, 5.74) is 2.86. The van der Waals surface area contributed by atoms with E-state index < -0.39 is 0 Å². The summed E-state index contributed by atoms with van der Waals surface area (Å²) in [5, 5.41) is 18.2. The zero-order valence-electron chi connectivity index (χ0n) is 16.4. The number of rotatable bonds is 5. The first kappa shape index (κ1) is 17.6. The molecule has 0 saturated heterocycles. The number of benzene rings is 1. The van der Waals surface area contributed by atoms with E-state index in [4.69, 9.17) is 0 Å². The number of hydrogen-bond donors (Lipinski definition) is 0. The lowest BCUT2D eigenvalue weighted by Crippen LogP contribution is -2.38. The normalized spacial score (nSPS) is 19.9. The molecular weight excluding hydrogens is 348 g/mol. The molecule has 146 valence electrons. The standard InChI is InChI=1S/C22H28N6/c1-3-11-19(12-4-1)20-16-28(26-23-20)22(13-7-2-8-14-22)21-17-27(25-24-21)15-18-9-5-6-10-18/h1,3-4,11-12,16-18H,2,5-10,13-15H2. The van der Waals surface area contributed by atoms with Crippen molar-refractivity contribution in [2.45, 2.75) is 69.9 Å². The van der Waals surface area contributed by atoms with Gasteiger partial charge < -0.3 is 0 Å². The van der Waals surface area contributed by atoms with Gasteiger partial charge in [-0.1, -0.05) is 72.9 Å². The number of hydrogen-bond acceptors (Lipinski definition) is 4. The van der Waals surface area contributed by atoms with Crippen LogP contribution in [-0.2, 0) is 12.1 Å². The zero-order chi connectivity index (χ0) is 18.8. The van der Waals surface area contributed by atoms with Crippen LogP contribution in [0.15, 0.2) is 42.7 Å². The summed E-state index contributed by atoms with van der Waals surface area (Å²) in [7, 11) is 0. The van der Waals surface area contributed by atoms with Crippen LogP contribution in [0.1, 0.15) is 63.5 Å². The van der Waals surface area contributed by atoms with E-state index in [0.29, 0.717) is 0 Å². The van der Waals surface area contributed by atoms with Gasteiger partial charge in [0, 0.05) is 12.1 Å². The second-order valence-electron chi connectivity index (χ2n) is 8.48. The van der Waals surface area contributed by atoms with Gasteiger partial charge >= 0.3 is 0 Å². The summed E-state index contributed by atoms with van der Waals surface area (Å²) >= 11 is 0. The Labute approximate surface area is 166 Å². The van der Waals surface area contributed by atoms with Crippen molar-refractivity contribution in [1.82, 2.24) is 30.0 Å². The van der Waals surface area contributed by atoms with Crippen LogP contribution in [0.3, 0.4) is 0 Å². The topological polar surface area (TPSA) is 61.4 Å². The van der Waals surface area contributed by atoms with Crippen molar-refractivity contribution in [2.75, 3.05) is 0 Å². The Morgan fingerprint density at radius 2 is 1.64 bits per heavy atom. The summed E-state index contributed by atoms with van der Waals surface area (Å²) in [5.74, 6) is 0.757. The van der Waals surface area contributed by atoms with Crippen LogP contribution in [0, 0.1) is 5.92 Å². The minimum absolute atomic E-state index is 0.216. The maximum atomic E-state index is 4.64. The monoisotopic (exact) mass is 376 g/mol. The fourth-order valence-electron chi connectivity index (χ4n) is 5.01. The third-order valence-electron chi connectivity index (χ3n) is 6.62. The van der Waals surface area contributed by atoms with Crippen LogP contribution in [0.5, 0.6) is 0 Å². The zero-order valence-corrected chi connectivity index (χ0v) is 16.4. The molecule has 5 rings (SSSR count). The third kappa shape index (κ3) is 3.25. The number of nitrogens with zero attached hydrogens (tertiary/aromatic N) is 6. The fourth-order valence-corrected chi connectivity index (χ4v) is 5.01. The molecule has 0 N–H and O–H groups in total. The molecule has 3 aromatic rings. The van der Waals surface area contributed by atoms with Crippen molar-refractivity contribution < 1.29 is 0 Å². The maximum absolute atomic E-state index is 4.64. The van der Waals surface area contributed by atoms with Crippen LogP contribution in [0.25, 0.3) is 11.3 Å². The van der Waals surface area contributed by atoms with Crippen molar-refractivity contribution >= 4 is 0 Å².